The van der Waals surface area contributed by atoms with E-state index in [4.69, 9.17) is 20.4 Å². The zero-order chi connectivity index (χ0) is 30.3. The molecule has 1 saturated heterocycles. The Kier molecular flexibility index (Phi) is 10.2. The van der Waals surface area contributed by atoms with Gasteiger partial charge in [-0.25, -0.2) is 14.4 Å². The largest absolute Gasteiger partial charge is 0.479 e. The summed E-state index contributed by atoms with van der Waals surface area (Å²) in [6.45, 7) is 1.71. The lowest BCUT2D eigenvalue weighted by Gasteiger charge is -2.33. The van der Waals surface area contributed by atoms with Gasteiger partial charge in [-0.15, -0.1) is 0 Å². The first-order chi connectivity index (χ1) is 19.4. The molecular formula is C28H35N5O8. The minimum absolute atomic E-state index is 0.0721. The number of carboxylic acids is 2. The van der Waals surface area contributed by atoms with Crippen LogP contribution >= 0.6 is 0 Å². The standard InChI is InChI=1S/C24H29N5O2.C4H6O6/c1-27(2)23(31)28-16-19-12-24(13-20(19)17-28,11-18-7-4-3-5-8-18)26-15-22(30)29-10-6-9-21(29)14-25;5-1(3(7)8)2(6)4(9)10/h3-10,19-20,26H,11-13,15-17H2,1-2H3;1-2,5-6H,(H,7,8)(H,9,10). The van der Waals surface area contributed by atoms with Crippen molar-refractivity contribution in [3.63, 3.8) is 0 Å². The lowest BCUT2D eigenvalue weighted by molar-refractivity contribution is -0.165. The first-order valence-electron chi connectivity index (χ1n) is 13.0. The summed E-state index contributed by atoms with van der Waals surface area (Å²) in [5.74, 6) is -2.81. The van der Waals surface area contributed by atoms with Crippen molar-refractivity contribution in [2.45, 2.75) is 37.0 Å². The summed E-state index contributed by atoms with van der Waals surface area (Å²) in [5.41, 5.74) is 1.40. The highest BCUT2D eigenvalue weighted by molar-refractivity contribution is 5.83. The molecule has 1 aliphatic heterocycles. The van der Waals surface area contributed by atoms with Gasteiger partial charge in [-0.3, -0.25) is 9.36 Å². The highest BCUT2D eigenvalue weighted by Crippen LogP contribution is 2.45. The van der Waals surface area contributed by atoms with E-state index in [9.17, 15) is 24.4 Å². The Hall–Kier alpha value is -4.25. The fourth-order valence-electron chi connectivity index (χ4n) is 5.57. The van der Waals surface area contributed by atoms with Crippen molar-refractivity contribution >= 4 is 23.9 Å². The highest BCUT2D eigenvalue weighted by Gasteiger charge is 2.50. The van der Waals surface area contributed by atoms with Crippen molar-refractivity contribution in [2.75, 3.05) is 33.7 Å². The number of likely N-dealkylation sites (tertiary alicyclic amines) is 1. The monoisotopic (exact) mass is 569 g/mol. The third-order valence-corrected chi connectivity index (χ3v) is 7.47. The van der Waals surface area contributed by atoms with Crippen LogP contribution in [0.2, 0.25) is 0 Å². The Morgan fingerprint density at radius 1 is 1.00 bits per heavy atom. The quantitative estimate of drug-likeness (QED) is 0.298. The molecule has 2 aromatic rings. The molecule has 13 heteroatoms. The van der Waals surface area contributed by atoms with Gasteiger partial charge in [0.2, 0.25) is 5.91 Å². The van der Waals surface area contributed by atoms with Crippen molar-refractivity contribution in [1.82, 2.24) is 19.7 Å². The number of carbonyl (C=O) groups is 4. The Labute approximate surface area is 237 Å². The molecule has 1 aromatic carbocycles. The average Bonchev–Trinajstić information content (AvgIpc) is 3.65. The van der Waals surface area contributed by atoms with Crippen LogP contribution in [-0.4, -0.2) is 110 Å². The Bertz CT molecular complexity index is 1260. The number of hydrogen-bond donors (Lipinski definition) is 5. The van der Waals surface area contributed by atoms with Gasteiger partial charge >= 0.3 is 18.0 Å². The van der Waals surface area contributed by atoms with Gasteiger partial charge in [0.15, 0.2) is 12.2 Å². The molecule has 220 valence electrons. The van der Waals surface area contributed by atoms with E-state index in [1.165, 1.54) is 10.1 Å². The number of amides is 2. The molecule has 4 unspecified atom stereocenters. The van der Waals surface area contributed by atoms with E-state index < -0.39 is 24.1 Å². The van der Waals surface area contributed by atoms with E-state index in [1.54, 1.807) is 37.3 Å². The molecule has 2 aliphatic rings. The molecule has 13 nitrogen and oxygen atoms in total. The van der Waals surface area contributed by atoms with E-state index in [0.717, 1.165) is 32.4 Å². The van der Waals surface area contributed by atoms with E-state index >= 15 is 0 Å². The van der Waals surface area contributed by atoms with Gasteiger partial charge in [-0.05, 0) is 48.8 Å². The van der Waals surface area contributed by atoms with Gasteiger partial charge in [-0.1, -0.05) is 30.3 Å². The number of aliphatic hydroxyl groups is 2. The molecule has 0 spiro atoms. The predicted molar refractivity (Wildman–Crippen MR) is 145 cm³/mol. The molecule has 2 amide bonds. The average molecular weight is 570 g/mol. The molecule has 1 saturated carbocycles. The number of aliphatic hydroxyl groups excluding tert-OH is 2. The predicted octanol–water partition coefficient (Wildman–Crippen LogP) is 0.472. The van der Waals surface area contributed by atoms with Crippen molar-refractivity contribution in [2.24, 2.45) is 11.8 Å². The second-order valence-electron chi connectivity index (χ2n) is 10.6. The Balaban J connectivity index is 0.000000397. The number of nitrogens with one attached hydrogen (secondary N) is 1. The molecule has 4 rings (SSSR count). The van der Waals surface area contributed by atoms with Crippen molar-refractivity contribution in [3.05, 3.63) is 59.9 Å². The van der Waals surface area contributed by atoms with Crippen molar-refractivity contribution < 1.29 is 39.6 Å². The normalized spacial score (nSPS) is 22.5. The second-order valence-corrected chi connectivity index (χ2v) is 10.6. The first-order valence-corrected chi connectivity index (χ1v) is 13.0. The number of rotatable bonds is 8. The number of benzene rings is 1. The fraction of sp³-hybridized carbons (Fsp3) is 0.464. The highest BCUT2D eigenvalue weighted by atomic mass is 16.4. The number of fused-ring (bicyclic) bond motifs is 1. The van der Waals surface area contributed by atoms with E-state index in [0.29, 0.717) is 17.5 Å². The number of carboxylic acid groups (broad SMARTS) is 2. The molecule has 0 radical (unpaired) electrons. The lowest BCUT2D eigenvalue weighted by atomic mass is 9.87. The van der Waals surface area contributed by atoms with Crippen LogP contribution in [0.5, 0.6) is 0 Å². The maximum absolute atomic E-state index is 12.8. The summed E-state index contributed by atoms with van der Waals surface area (Å²) < 4.78 is 1.41. The van der Waals surface area contributed by atoms with Crippen molar-refractivity contribution in [3.8, 4) is 6.07 Å². The zero-order valence-corrected chi connectivity index (χ0v) is 22.9. The summed E-state index contributed by atoms with van der Waals surface area (Å²) in [6, 6.07) is 15.8. The molecule has 2 heterocycles. The molecule has 1 aliphatic carbocycles. The number of aliphatic carboxylic acids is 2. The smallest absolute Gasteiger partial charge is 0.335 e. The molecular weight excluding hydrogens is 534 g/mol. The molecule has 1 aromatic heterocycles. The maximum atomic E-state index is 12.8. The van der Waals surface area contributed by atoms with E-state index in [-0.39, 0.29) is 24.0 Å². The summed E-state index contributed by atoms with van der Waals surface area (Å²) >= 11 is 0. The first kappa shape index (κ1) is 31.3. The summed E-state index contributed by atoms with van der Waals surface area (Å²) in [4.78, 5) is 48.3. The minimum Gasteiger partial charge on any atom is -0.479 e. The Morgan fingerprint density at radius 2 is 1.56 bits per heavy atom. The van der Waals surface area contributed by atoms with Gasteiger partial charge in [0.05, 0.1) is 6.54 Å². The van der Waals surface area contributed by atoms with Crippen LogP contribution in [0.25, 0.3) is 0 Å². The molecule has 2 fully saturated rings. The lowest BCUT2D eigenvalue weighted by Crippen LogP contribution is -2.49. The number of hydrogen-bond acceptors (Lipinski definition) is 8. The van der Waals surface area contributed by atoms with Gasteiger partial charge in [0.1, 0.15) is 11.8 Å². The van der Waals surface area contributed by atoms with Gasteiger partial charge in [-0.2, -0.15) is 5.26 Å². The van der Waals surface area contributed by atoms with Gasteiger partial charge < -0.3 is 35.5 Å². The fourth-order valence-corrected chi connectivity index (χ4v) is 5.57. The van der Waals surface area contributed by atoms with Crippen LogP contribution < -0.4 is 5.32 Å². The van der Waals surface area contributed by atoms with Crippen molar-refractivity contribution in [1.29, 1.82) is 5.26 Å². The van der Waals surface area contributed by atoms with Gasteiger partial charge in [0.25, 0.3) is 0 Å². The SMILES string of the molecule is CN(C)C(=O)N1CC2CC(Cc3ccccc3)(NCC(=O)n3cccc3C#N)CC2C1.O=C(O)C(O)C(O)C(=O)O. The summed E-state index contributed by atoms with van der Waals surface area (Å²) in [5, 5.41) is 45.3. The topological polar surface area (TPSA) is 196 Å². The van der Waals surface area contributed by atoms with Crippen LogP contribution in [0, 0.1) is 23.2 Å². The van der Waals surface area contributed by atoms with E-state index in [2.05, 4.69) is 23.5 Å². The van der Waals surface area contributed by atoms with Crippen LogP contribution in [-0.2, 0) is 16.0 Å². The molecule has 5 N–H and O–H groups in total. The number of nitrogens with zero attached hydrogens (tertiary/aromatic N) is 4. The van der Waals surface area contributed by atoms with Crippen LogP contribution in [0.4, 0.5) is 4.79 Å². The van der Waals surface area contributed by atoms with E-state index in [1.807, 2.05) is 23.1 Å². The number of aromatic nitrogens is 1. The molecule has 0 bridgehead atoms. The van der Waals surface area contributed by atoms with Crippen LogP contribution in [0.15, 0.2) is 48.7 Å². The summed E-state index contributed by atoms with van der Waals surface area (Å²) in [6.07, 6.45) is -0.204. The summed E-state index contributed by atoms with van der Waals surface area (Å²) in [7, 11) is 3.58. The zero-order valence-electron chi connectivity index (χ0n) is 22.9. The third kappa shape index (κ3) is 7.69. The van der Waals surface area contributed by atoms with Crippen LogP contribution in [0.3, 0.4) is 0 Å². The number of carbonyl (C=O) groups excluding carboxylic acids is 2. The second kappa shape index (κ2) is 13.4. The maximum Gasteiger partial charge on any atom is 0.335 e. The number of nitriles is 1. The van der Waals surface area contributed by atoms with Crippen LogP contribution in [0.1, 0.15) is 28.9 Å². The molecule has 4 atom stereocenters. The molecule has 41 heavy (non-hydrogen) atoms. The Morgan fingerprint density at radius 3 is 2.05 bits per heavy atom. The van der Waals surface area contributed by atoms with Gasteiger partial charge in [0, 0.05) is 38.9 Å². The third-order valence-electron chi connectivity index (χ3n) is 7.47. The minimum atomic E-state index is -2.27. The number of urea groups is 1.